The molecule has 0 unspecified atom stereocenters. The van der Waals surface area contributed by atoms with Gasteiger partial charge in [-0.3, -0.25) is 9.59 Å². The topological polar surface area (TPSA) is 97.1 Å². The van der Waals surface area contributed by atoms with Crippen LogP contribution in [-0.2, 0) is 9.59 Å². The third kappa shape index (κ3) is 3.88. The molecular weight excluding hydrogens is 388 g/mol. The number of hydrogen-bond donors (Lipinski definition) is 2. The summed E-state index contributed by atoms with van der Waals surface area (Å²) in [6.07, 6.45) is 2.27. The fraction of sp³-hybridized carbons (Fsp3) is 0.238. The minimum Gasteiger partial charge on any atom is -0.339 e. The number of carbonyl (C=O) groups is 2. The first kappa shape index (κ1) is 17.9. The van der Waals surface area contributed by atoms with Crippen LogP contribution in [0.3, 0.4) is 0 Å². The van der Waals surface area contributed by atoms with Crippen LogP contribution in [0.4, 0.5) is 11.4 Å². The van der Waals surface area contributed by atoms with Gasteiger partial charge in [-0.15, -0.1) is 11.8 Å². The highest BCUT2D eigenvalue weighted by atomic mass is 32.2. The van der Waals surface area contributed by atoms with Crippen LogP contribution in [0.15, 0.2) is 57.9 Å². The van der Waals surface area contributed by atoms with E-state index in [1.54, 1.807) is 6.07 Å². The van der Waals surface area contributed by atoms with Gasteiger partial charge >= 0.3 is 0 Å². The first-order valence-electron chi connectivity index (χ1n) is 9.46. The van der Waals surface area contributed by atoms with Gasteiger partial charge in [0, 0.05) is 28.5 Å². The van der Waals surface area contributed by atoms with Gasteiger partial charge in [0.25, 0.3) is 0 Å². The highest BCUT2D eigenvalue weighted by Crippen LogP contribution is 2.39. The van der Waals surface area contributed by atoms with E-state index in [-0.39, 0.29) is 18.2 Å². The normalized spacial score (nSPS) is 18.1. The predicted molar refractivity (Wildman–Crippen MR) is 110 cm³/mol. The zero-order chi connectivity index (χ0) is 19.8. The van der Waals surface area contributed by atoms with Gasteiger partial charge in [-0.25, -0.2) is 0 Å². The zero-order valence-corrected chi connectivity index (χ0v) is 16.2. The van der Waals surface area contributed by atoms with Gasteiger partial charge in [0.1, 0.15) is 0 Å². The smallest absolute Gasteiger partial charge is 0.238 e. The van der Waals surface area contributed by atoms with Crippen LogP contribution in [0.2, 0.25) is 0 Å². The SMILES string of the molecule is O=C(C[C@@H]1Sc2ccccc2NC1=O)Nc1cccc(-c2noc(C3CC3)n2)c1. The second kappa shape index (κ2) is 7.36. The van der Waals surface area contributed by atoms with Crippen molar-refractivity contribution in [3.05, 3.63) is 54.4 Å². The summed E-state index contributed by atoms with van der Waals surface area (Å²) in [4.78, 5) is 30.2. The Morgan fingerprint density at radius 2 is 2.07 bits per heavy atom. The van der Waals surface area contributed by atoms with Gasteiger partial charge in [0.05, 0.1) is 10.9 Å². The van der Waals surface area contributed by atoms with Gasteiger partial charge in [-0.2, -0.15) is 4.98 Å². The van der Waals surface area contributed by atoms with E-state index < -0.39 is 5.25 Å². The molecule has 0 saturated heterocycles. The fourth-order valence-corrected chi connectivity index (χ4v) is 4.30. The molecular formula is C21H18N4O3S. The summed E-state index contributed by atoms with van der Waals surface area (Å²) in [6, 6.07) is 14.9. The molecule has 2 aliphatic rings. The summed E-state index contributed by atoms with van der Waals surface area (Å²) in [7, 11) is 0. The molecule has 29 heavy (non-hydrogen) atoms. The molecule has 2 aromatic carbocycles. The van der Waals surface area contributed by atoms with E-state index in [1.165, 1.54) is 11.8 Å². The Bertz CT molecular complexity index is 1090. The number of rotatable bonds is 5. The van der Waals surface area contributed by atoms with Crippen molar-refractivity contribution in [2.24, 2.45) is 0 Å². The zero-order valence-electron chi connectivity index (χ0n) is 15.4. The maximum Gasteiger partial charge on any atom is 0.238 e. The number of aromatic nitrogens is 2. The second-order valence-electron chi connectivity index (χ2n) is 7.16. The Balaban J connectivity index is 1.25. The Morgan fingerprint density at radius 1 is 1.21 bits per heavy atom. The maximum atomic E-state index is 12.5. The quantitative estimate of drug-likeness (QED) is 0.663. The van der Waals surface area contributed by atoms with Gasteiger partial charge < -0.3 is 15.2 Å². The van der Waals surface area contributed by atoms with Gasteiger partial charge in [-0.05, 0) is 37.1 Å². The van der Waals surface area contributed by atoms with Gasteiger partial charge in [0.15, 0.2) is 0 Å². The monoisotopic (exact) mass is 406 g/mol. The molecule has 0 radical (unpaired) electrons. The largest absolute Gasteiger partial charge is 0.339 e. The van der Waals surface area contributed by atoms with Crippen molar-refractivity contribution in [3.8, 4) is 11.4 Å². The molecule has 1 aliphatic heterocycles. The molecule has 7 nitrogen and oxygen atoms in total. The van der Waals surface area contributed by atoms with Crippen LogP contribution in [0.25, 0.3) is 11.4 Å². The first-order chi connectivity index (χ1) is 14.2. The maximum absolute atomic E-state index is 12.5. The molecule has 0 spiro atoms. The molecule has 146 valence electrons. The number of anilines is 2. The highest BCUT2D eigenvalue weighted by Gasteiger charge is 2.30. The average Bonchev–Trinajstić information content (AvgIpc) is 3.45. The van der Waals surface area contributed by atoms with E-state index >= 15 is 0 Å². The van der Waals surface area contributed by atoms with Crippen LogP contribution >= 0.6 is 11.8 Å². The number of carbonyl (C=O) groups excluding carboxylic acids is 2. The molecule has 1 saturated carbocycles. The molecule has 2 amide bonds. The number of thioether (sulfide) groups is 1. The minimum absolute atomic E-state index is 0.0864. The van der Waals surface area contributed by atoms with Crippen LogP contribution in [0.5, 0.6) is 0 Å². The number of nitrogens with zero attached hydrogens (tertiary/aromatic N) is 2. The van der Waals surface area contributed by atoms with E-state index in [1.807, 2.05) is 42.5 Å². The van der Waals surface area contributed by atoms with Crippen molar-refractivity contribution in [3.63, 3.8) is 0 Å². The first-order valence-corrected chi connectivity index (χ1v) is 10.3. The van der Waals surface area contributed by atoms with Gasteiger partial charge in [0.2, 0.25) is 23.5 Å². The number of benzene rings is 2. The summed E-state index contributed by atoms with van der Waals surface area (Å²) in [5, 5.41) is 9.30. The predicted octanol–water partition coefficient (Wildman–Crippen LogP) is 4.06. The number of para-hydroxylation sites is 1. The van der Waals surface area contributed by atoms with Crippen LogP contribution in [0.1, 0.15) is 31.1 Å². The minimum atomic E-state index is -0.466. The molecule has 8 heteroatoms. The molecule has 0 bridgehead atoms. The Kier molecular flexibility index (Phi) is 4.55. The summed E-state index contributed by atoms with van der Waals surface area (Å²) in [6.45, 7) is 0. The molecule has 1 atom stereocenters. The van der Waals surface area contributed by atoms with Crippen molar-refractivity contribution in [2.75, 3.05) is 10.6 Å². The van der Waals surface area contributed by atoms with E-state index in [0.717, 1.165) is 29.0 Å². The van der Waals surface area contributed by atoms with E-state index in [4.69, 9.17) is 4.52 Å². The Labute approximate surface area is 171 Å². The number of amides is 2. The van der Waals surface area contributed by atoms with Crippen LogP contribution in [0, 0.1) is 0 Å². The molecule has 1 fully saturated rings. The second-order valence-corrected chi connectivity index (χ2v) is 8.40. The molecule has 2 N–H and O–H groups in total. The van der Waals surface area contributed by atoms with E-state index in [9.17, 15) is 9.59 Å². The lowest BCUT2D eigenvalue weighted by Crippen LogP contribution is -2.32. The lowest BCUT2D eigenvalue weighted by Gasteiger charge is -2.23. The lowest BCUT2D eigenvalue weighted by molar-refractivity contribution is -0.120. The highest BCUT2D eigenvalue weighted by molar-refractivity contribution is 8.01. The van der Waals surface area contributed by atoms with Crippen molar-refractivity contribution in [1.82, 2.24) is 10.1 Å². The summed E-state index contributed by atoms with van der Waals surface area (Å²) < 4.78 is 5.31. The lowest BCUT2D eigenvalue weighted by atomic mass is 10.2. The van der Waals surface area contributed by atoms with Crippen LogP contribution < -0.4 is 10.6 Å². The Hall–Kier alpha value is -3.13. The average molecular weight is 406 g/mol. The number of nitrogens with one attached hydrogen (secondary N) is 2. The summed E-state index contributed by atoms with van der Waals surface area (Å²) in [5.74, 6) is 1.21. The van der Waals surface area contributed by atoms with Crippen molar-refractivity contribution >= 4 is 35.0 Å². The third-order valence-electron chi connectivity index (χ3n) is 4.85. The number of fused-ring (bicyclic) bond motifs is 1. The standard InChI is InChI=1S/C21H18N4O3S/c26-18(11-17-20(27)23-15-6-1-2-7-16(15)29-17)22-14-5-3-4-13(10-14)19-24-21(28-25-19)12-8-9-12/h1-7,10,12,17H,8-9,11H2,(H,22,26)(H,23,27)/t17-/m0/s1. The van der Waals surface area contributed by atoms with Crippen LogP contribution in [-0.4, -0.2) is 27.2 Å². The van der Waals surface area contributed by atoms with E-state index in [0.29, 0.717) is 23.3 Å². The van der Waals surface area contributed by atoms with E-state index in [2.05, 4.69) is 20.8 Å². The van der Waals surface area contributed by atoms with Gasteiger partial charge in [-0.1, -0.05) is 29.4 Å². The van der Waals surface area contributed by atoms with Crippen molar-refractivity contribution in [2.45, 2.75) is 35.3 Å². The molecule has 1 aliphatic carbocycles. The molecule has 3 aromatic rings. The molecule has 5 rings (SSSR count). The molecule has 2 heterocycles. The number of hydrogen-bond acceptors (Lipinski definition) is 6. The molecule has 1 aromatic heterocycles. The fourth-order valence-electron chi connectivity index (χ4n) is 3.19. The Morgan fingerprint density at radius 3 is 2.93 bits per heavy atom. The van der Waals surface area contributed by atoms with Crippen molar-refractivity contribution < 1.29 is 14.1 Å². The van der Waals surface area contributed by atoms with Crippen molar-refractivity contribution in [1.29, 1.82) is 0 Å². The summed E-state index contributed by atoms with van der Waals surface area (Å²) in [5.41, 5.74) is 2.20. The third-order valence-corrected chi connectivity index (χ3v) is 6.13. The summed E-state index contributed by atoms with van der Waals surface area (Å²) >= 11 is 1.41.